The molecule has 0 aliphatic heterocycles. The molecule has 1 unspecified atom stereocenters. The number of hydrogen-bond acceptors (Lipinski definition) is 3. The van der Waals surface area contributed by atoms with Crippen molar-refractivity contribution in [2.75, 3.05) is 0 Å². The van der Waals surface area contributed by atoms with Crippen LogP contribution in [0.25, 0.3) is 0 Å². The van der Waals surface area contributed by atoms with Gasteiger partial charge in [-0.1, -0.05) is 44.2 Å². The van der Waals surface area contributed by atoms with Crippen LogP contribution in [-0.4, -0.2) is 22.5 Å². The standard InChI is InChI=1S/C17H24O4/c1-12-8-9-13(2)17(12,10-15(18)19)16(20)21-11-14-6-4-3-5-7-14/h3-7,12-13,16,20H,8-11H2,1-2H3,(H,18,19)/t12-,13+,16-,17?/m0/s1. The fraction of sp³-hybridized carbons (Fsp3) is 0.588. The van der Waals surface area contributed by atoms with Crippen molar-refractivity contribution in [3.8, 4) is 0 Å². The molecule has 1 aromatic rings. The highest BCUT2D eigenvalue weighted by Gasteiger charge is 2.52. The molecular formula is C17H24O4. The maximum absolute atomic E-state index is 11.3. The van der Waals surface area contributed by atoms with E-state index >= 15 is 0 Å². The first kappa shape index (κ1) is 16.0. The molecule has 1 aliphatic rings. The van der Waals surface area contributed by atoms with Crippen LogP contribution in [0.15, 0.2) is 30.3 Å². The average Bonchev–Trinajstić information content (AvgIpc) is 2.74. The SMILES string of the molecule is C[C@@H]1CC[C@H](C)C1(CC(=O)O)[C@@H](O)OCc1ccccc1. The normalized spacial score (nSPS) is 30.2. The van der Waals surface area contributed by atoms with Crippen molar-refractivity contribution in [3.05, 3.63) is 35.9 Å². The first-order valence-corrected chi connectivity index (χ1v) is 7.52. The van der Waals surface area contributed by atoms with Crippen LogP contribution >= 0.6 is 0 Å². The van der Waals surface area contributed by atoms with E-state index in [0.29, 0.717) is 6.61 Å². The summed E-state index contributed by atoms with van der Waals surface area (Å²) in [7, 11) is 0. The van der Waals surface area contributed by atoms with Gasteiger partial charge in [0.15, 0.2) is 6.29 Å². The first-order valence-electron chi connectivity index (χ1n) is 7.52. The van der Waals surface area contributed by atoms with E-state index in [0.717, 1.165) is 18.4 Å². The van der Waals surface area contributed by atoms with E-state index in [9.17, 15) is 15.0 Å². The Kier molecular flexibility index (Phi) is 5.01. The summed E-state index contributed by atoms with van der Waals surface area (Å²) in [6, 6.07) is 9.61. The van der Waals surface area contributed by atoms with Gasteiger partial charge in [0.2, 0.25) is 0 Å². The largest absolute Gasteiger partial charge is 0.481 e. The molecule has 116 valence electrons. The molecule has 1 saturated carbocycles. The number of hydrogen-bond donors (Lipinski definition) is 2. The van der Waals surface area contributed by atoms with E-state index in [1.165, 1.54) is 0 Å². The summed E-state index contributed by atoms with van der Waals surface area (Å²) in [5.41, 5.74) is 0.279. The fourth-order valence-corrected chi connectivity index (χ4v) is 3.61. The molecule has 4 nitrogen and oxygen atoms in total. The molecule has 0 saturated heterocycles. The van der Waals surface area contributed by atoms with Crippen molar-refractivity contribution >= 4 is 5.97 Å². The highest BCUT2D eigenvalue weighted by atomic mass is 16.6. The molecule has 2 rings (SSSR count). The Morgan fingerprint density at radius 2 is 1.86 bits per heavy atom. The van der Waals surface area contributed by atoms with Gasteiger partial charge >= 0.3 is 5.97 Å². The lowest BCUT2D eigenvalue weighted by molar-refractivity contribution is -0.211. The minimum absolute atomic E-state index is 0.0503. The molecule has 2 N–H and O–H groups in total. The molecule has 4 heteroatoms. The number of aliphatic hydroxyl groups excluding tert-OH is 1. The highest BCUT2D eigenvalue weighted by Crippen LogP contribution is 2.52. The highest BCUT2D eigenvalue weighted by molar-refractivity contribution is 5.68. The quantitative estimate of drug-likeness (QED) is 0.791. The van der Waals surface area contributed by atoms with Crippen LogP contribution in [0.4, 0.5) is 0 Å². The lowest BCUT2D eigenvalue weighted by atomic mass is 9.70. The van der Waals surface area contributed by atoms with Crippen molar-refractivity contribution in [3.63, 3.8) is 0 Å². The second-order valence-corrected chi connectivity index (χ2v) is 6.21. The van der Waals surface area contributed by atoms with Crippen LogP contribution in [0.5, 0.6) is 0 Å². The van der Waals surface area contributed by atoms with Crippen molar-refractivity contribution < 1.29 is 19.7 Å². The number of aliphatic hydroxyl groups is 1. The van der Waals surface area contributed by atoms with Gasteiger partial charge in [-0.3, -0.25) is 4.79 Å². The number of carbonyl (C=O) groups is 1. The molecule has 0 radical (unpaired) electrons. The van der Waals surface area contributed by atoms with E-state index in [-0.39, 0.29) is 18.3 Å². The Labute approximate surface area is 125 Å². The Morgan fingerprint density at radius 3 is 2.38 bits per heavy atom. The number of aliphatic carboxylic acids is 1. The van der Waals surface area contributed by atoms with Crippen LogP contribution in [-0.2, 0) is 16.1 Å². The monoisotopic (exact) mass is 292 g/mol. The van der Waals surface area contributed by atoms with Gasteiger partial charge < -0.3 is 14.9 Å². The summed E-state index contributed by atoms with van der Waals surface area (Å²) in [6.07, 6.45) is 0.757. The summed E-state index contributed by atoms with van der Waals surface area (Å²) in [6.45, 7) is 4.33. The Bertz CT molecular complexity index is 461. The second kappa shape index (κ2) is 6.58. The van der Waals surface area contributed by atoms with Crippen molar-refractivity contribution in [1.29, 1.82) is 0 Å². The maximum Gasteiger partial charge on any atom is 0.304 e. The van der Waals surface area contributed by atoms with Crippen LogP contribution in [0, 0.1) is 17.3 Å². The molecule has 0 bridgehead atoms. The van der Waals surface area contributed by atoms with Crippen LogP contribution in [0.3, 0.4) is 0 Å². The average molecular weight is 292 g/mol. The molecule has 0 aromatic heterocycles. The summed E-state index contributed by atoms with van der Waals surface area (Å²) in [5, 5.41) is 19.8. The van der Waals surface area contributed by atoms with E-state index in [1.54, 1.807) is 0 Å². The third-order valence-electron chi connectivity index (χ3n) is 5.04. The van der Waals surface area contributed by atoms with Gasteiger partial charge in [0.25, 0.3) is 0 Å². The van der Waals surface area contributed by atoms with E-state index < -0.39 is 17.7 Å². The van der Waals surface area contributed by atoms with E-state index in [1.807, 2.05) is 44.2 Å². The minimum atomic E-state index is -1.05. The van der Waals surface area contributed by atoms with Gasteiger partial charge in [-0.2, -0.15) is 0 Å². The third kappa shape index (κ3) is 3.27. The summed E-state index contributed by atoms with van der Waals surface area (Å²) in [5.74, 6) is -0.610. The molecule has 4 atom stereocenters. The number of rotatable bonds is 6. The van der Waals surface area contributed by atoms with E-state index in [4.69, 9.17) is 4.74 Å². The molecular weight excluding hydrogens is 268 g/mol. The number of ether oxygens (including phenoxy) is 1. The minimum Gasteiger partial charge on any atom is -0.481 e. The third-order valence-corrected chi connectivity index (χ3v) is 5.04. The smallest absolute Gasteiger partial charge is 0.304 e. The topological polar surface area (TPSA) is 66.8 Å². The van der Waals surface area contributed by atoms with Gasteiger partial charge in [0.1, 0.15) is 0 Å². The predicted molar refractivity (Wildman–Crippen MR) is 79.5 cm³/mol. The van der Waals surface area contributed by atoms with Gasteiger partial charge in [-0.15, -0.1) is 0 Å². The van der Waals surface area contributed by atoms with Gasteiger partial charge in [0, 0.05) is 5.41 Å². The van der Waals surface area contributed by atoms with Crippen LogP contribution in [0.1, 0.15) is 38.7 Å². The summed E-state index contributed by atoms with van der Waals surface area (Å²) < 4.78 is 5.65. The van der Waals surface area contributed by atoms with Crippen molar-refractivity contribution in [2.45, 2.75) is 46.0 Å². The lowest BCUT2D eigenvalue weighted by Gasteiger charge is -2.40. The van der Waals surface area contributed by atoms with Crippen molar-refractivity contribution in [1.82, 2.24) is 0 Å². The summed E-state index contributed by atoms with van der Waals surface area (Å²) in [4.78, 5) is 11.3. The second-order valence-electron chi connectivity index (χ2n) is 6.21. The summed E-state index contributed by atoms with van der Waals surface area (Å²) >= 11 is 0. The first-order chi connectivity index (χ1) is 9.96. The molecule has 1 aromatic carbocycles. The number of benzene rings is 1. The number of carboxylic acids is 1. The molecule has 21 heavy (non-hydrogen) atoms. The Balaban J connectivity index is 2.11. The zero-order chi connectivity index (χ0) is 15.5. The number of carboxylic acid groups (broad SMARTS) is 1. The van der Waals surface area contributed by atoms with Crippen molar-refractivity contribution in [2.24, 2.45) is 17.3 Å². The zero-order valence-electron chi connectivity index (χ0n) is 12.7. The van der Waals surface area contributed by atoms with Gasteiger partial charge in [0.05, 0.1) is 13.0 Å². The zero-order valence-corrected chi connectivity index (χ0v) is 12.7. The predicted octanol–water partition coefficient (Wildman–Crippen LogP) is 3.05. The lowest BCUT2D eigenvalue weighted by Crippen LogP contribution is -2.45. The van der Waals surface area contributed by atoms with Crippen LogP contribution in [0.2, 0.25) is 0 Å². The Hall–Kier alpha value is -1.39. The van der Waals surface area contributed by atoms with Gasteiger partial charge in [-0.05, 0) is 30.2 Å². The Morgan fingerprint density at radius 1 is 1.29 bits per heavy atom. The molecule has 0 heterocycles. The van der Waals surface area contributed by atoms with E-state index in [2.05, 4.69) is 0 Å². The molecule has 0 spiro atoms. The maximum atomic E-state index is 11.3. The fourth-order valence-electron chi connectivity index (χ4n) is 3.61. The molecule has 1 aliphatic carbocycles. The molecule has 0 amide bonds. The van der Waals surface area contributed by atoms with Gasteiger partial charge in [-0.25, -0.2) is 0 Å². The van der Waals surface area contributed by atoms with Crippen LogP contribution < -0.4 is 0 Å². The molecule has 1 fully saturated rings.